The molecule has 0 saturated carbocycles. The number of piperazine rings is 1. The van der Waals surface area contributed by atoms with Crippen molar-refractivity contribution >= 4 is 39.1 Å². The van der Waals surface area contributed by atoms with Crippen LogP contribution in [-0.2, 0) is 34.3 Å². The number of ether oxygens (including phenoxy) is 3. The number of carbonyl (C=O) groups is 1. The fraction of sp³-hybridized carbons (Fsp3) is 0.524. The SMILES string of the molecule is COc1c2c(c(S(=O)(=O)N3CCN(C(=O)Cn4cnc(Cl)c4Cl)CC3)c3c1OCO3)CCN(C)C2. The van der Waals surface area contributed by atoms with E-state index >= 15 is 0 Å². The summed E-state index contributed by atoms with van der Waals surface area (Å²) in [6.45, 7) is 1.96. The summed E-state index contributed by atoms with van der Waals surface area (Å²) in [6, 6.07) is 0. The number of benzene rings is 1. The number of imidazole rings is 1. The molecule has 14 heteroatoms. The first-order valence-corrected chi connectivity index (χ1v) is 13.3. The average molecular weight is 546 g/mol. The Balaban J connectivity index is 1.39. The number of hydrogen-bond acceptors (Lipinski definition) is 8. The lowest BCUT2D eigenvalue weighted by Crippen LogP contribution is -2.51. The van der Waals surface area contributed by atoms with Crippen LogP contribution < -0.4 is 14.2 Å². The fourth-order valence-corrected chi connectivity index (χ4v) is 6.87. The van der Waals surface area contributed by atoms with Gasteiger partial charge in [0.2, 0.25) is 28.5 Å². The molecule has 35 heavy (non-hydrogen) atoms. The highest BCUT2D eigenvalue weighted by molar-refractivity contribution is 7.89. The molecule has 3 aliphatic heterocycles. The van der Waals surface area contributed by atoms with Crippen molar-refractivity contribution in [3.63, 3.8) is 0 Å². The van der Waals surface area contributed by atoms with E-state index in [1.165, 1.54) is 15.2 Å². The normalized spacial score (nSPS) is 18.6. The van der Waals surface area contributed by atoms with E-state index in [1.807, 2.05) is 7.05 Å². The molecule has 0 radical (unpaired) electrons. The second-order valence-electron chi connectivity index (χ2n) is 8.61. The molecule has 11 nitrogen and oxygen atoms in total. The van der Waals surface area contributed by atoms with E-state index in [4.69, 9.17) is 37.4 Å². The molecule has 0 unspecified atom stereocenters. The molecule has 1 aromatic heterocycles. The third-order valence-electron chi connectivity index (χ3n) is 6.54. The van der Waals surface area contributed by atoms with Gasteiger partial charge in [0.25, 0.3) is 0 Å². The molecule has 4 heterocycles. The molecule has 3 aliphatic rings. The number of carbonyl (C=O) groups excluding carboxylic acids is 1. The van der Waals surface area contributed by atoms with Crippen molar-refractivity contribution < 1.29 is 27.4 Å². The van der Waals surface area contributed by atoms with Gasteiger partial charge in [0.1, 0.15) is 16.6 Å². The van der Waals surface area contributed by atoms with Crippen molar-refractivity contribution in [2.24, 2.45) is 0 Å². The number of hydrogen-bond donors (Lipinski definition) is 0. The third kappa shape index (κ3) is 4.20. The predicted molar refractivity (Wildman–Crippen MR) is 127 cm³/mol. The lowest BCUT2D eigenvalue weighted by atomic mass is 9.97. The number of sulfonamides is 1. The summed E-state index contributed by atoms with van der Waals surface area (Å²) < 4.78 is 47.6. The average Bonchev–Trinajstić information content (AvgIpc) is 3.44. The van der Waals surface area contributed by atoms with Crippen LogP contribution in [0.3, 0.4) is 0 Å². The summed E-state index contributed by atoms with van der Waals surface area (Å²) in [7, 11) is -0.402. The molecule has 1 saturated heterocycles. The molecule has 190 valence electrons. The van der Waals surface area contributed by atoms with Crippen molar-refractivity contribution in [2.45, 2.75) is 24.4 Å². The van der Waals surface area contributed by atoms with Gasteiger partial charge in [0.05, 0.1) is 13.4 Å². The van der Waals surface area contributed by atoms with E-state index in [1.54, 1.807) is 12.0 Å². The van der Waals surface area contributed by atoms with Crippen LogP contribution in [0.5, 0.6) is 17.2 Å². The van der Waals surface area contributed by atoms with Crippen LogP contribution in [0, 0.1) is 0 Å². The van der Waals surface area contributed by atoms with Gasteiger partial charge in [-0.2, -0.15) is 4.31 Å². The number of methoxy groups -OCH3 is 1. The second-order valence-corrected chi connectivity index (χ2v) is 11.2. The van der Waals surface area contributed by atoms with E-state index in [9.17, 15) is 13.2 Å². The van der Waals surface area contributed by atoms with E-state index in [0.717, 1.165) is 5.56 Å². The number of amides is 1. The van der Waals surface area contributed by atoms with Crippen molar-refractivity contribution in [3.05, 3.63) is 27.8 Å². The zero-order valence-electron chi connectivity index (χ0n) is 19.3. The number of aromatic nitrogens is 2. The monoisotopic (exact) mass is 545 g/mol. The summed E-state index contributed by atoms with van der Waals surface area (Å²) in [4.78, 5) is 20.5. The first kappa shape index (κ1) is 24.4. The molecule has 0 spiro atoms. The molecular formula is C21H25Cl2N5O6S. The molecule has 5 rings (SSSR count). The molecular weight excluding hydrogens is 521 g/mol. The Kier molecular flexibility index (Phi) is 6.51. The zero-order chi connectivity index (χ0) is 24.9. The predicted octanol–water partition coefficient (Wildman–Crippen LogP) is 1.45. The largest absolute Gasteiger partial charge is 0.492 e. The summed E-state index contributed by atoms with van der Waals surface area (Å²) in [5.41, 5.74) is 1.50. The topological polar surface area (TPSA) is 106 Å². The van der Waals surface area contributed by atoms with Crippen molar-refractivity contribution in [1.29, 1.82) is 0 Å². The number of rotatable bonds is 5. The van der Waals surface area contributed by atoms with Gasteiger partial charge in [-0.25, -0.2) is 13.4 Å². The van der Waals surface area contributed by atoms with Crippen LogP contribution in [0.15, 0.2) is 11.2 Å². The number of halogens is 2. The van der Waals surface area contributed by atoms with Crippen molar-refractivity contribution in [2.75, 3.05) is 53.7 Å². The van der Waals surface area contributed by atoms with Gasteiger partial charge in [0, 0.05) is 44.8 Å². The molecule has 0 bridgehead atoms. The standard InChI is InChI=1S/C21H25Cl2N5O6S/c1-25-4-3-13-14(9-25)16(32-2)17-18(34-12-33-17)19(13)35(30,31)28-7-5-26(6-8-28)15(29)10-27-11-24-20(22)21(27)23/h11H,3-10,12H2,1-2H3. The van der Waals surface area contributed by atoms with Crippen LogP contribution in [-0.4, -0.2) is 91.7 Å². The highest BCUT2D eigenvalue weighted by Crippen LogP contribution is 2.51. The van der Waals surface area contributed by atoms with Gasteiger partial charge < -0.3 is 28.6 Å². The van der Waals surface area contributed by atoms with Crippen molar-refractivity contribution in [3.8, 4) is 17.2 Å². The maximum atomic E-state index is 13.9. The van der Waals surface area contributed by atoms with E-state index in [0.29, 0.717) is 36.6 Å². The highest BCUT2D eigenvalue weighted by atomic mass is 35.5. The Morgan fingerprint density at radius 1 is 1.11 bits per heavy atom. The minimum Gasteiger partial charge on any atom is -0.492 e. The summed E-state index contributed by atoms with van der Waals surface area (Å²) >= 11 is 11.9. The molecule has 2 aromatic rings. The minimum atomic E-state index is -3.92. The zero-order valence-corrected chi connectivity index (χ0v) is 21.6. The maximum Gasteiger partial charge on any atom is 0.247 e. The number of fused-ring (bicyclic) bond motifs is 2. The molecule has 0 N–H and O–H groups in total. The van der Waals surface area contributed by atoms with Crippen LogP contribution >= 0.6 is 23.2 Å². The van der Waals surface area contributed by atoms with Crippen LogP contribution in [0.1, 0.15) is 11.1 Å². The van der Waals surface area contributed by atoms with Gasteiger partial charge >= 0.3 is 0 Å². The summed E-state index contributed by atoms with van der Waals surface area (Å²) in [5, 5.41) is 0.315. The van der Waals surface area contributed by atoms with Crippen LogP contribution in [0.4, 0.5) is 0 Å². The summed E-state index contributed by atoms with van der Waals surface area (Å²) in [6.07, 6.45) is 1.94. The molecule has 1 amide bonds. The van der Waals surface area contributed by atoms with E-state index < -0.39 is 10.0 Å². The molecule has 0 aliphatic carbocycles. The Morgan fingerprint density at radius 2 is 1.83 bits per heavy atom. The van der Waals surface area contributed by atoms with Gasteiger partial charge in [0.15, 0.2) is 16.7 Å². The van der Waals surface area contributed by atoms with Crippen LogP contribution in [0.2, 0.25) is 10.3 Å². The van der Waals surface area contributed by atoms with Gasteiger partial charge in [-0.3, -0.25) is 4.79 Å². The Morgan fingerprint density at radius 3 is 2.49 bits per heavy atom. The van der Waals surface area contributed by atoms with Gasteiger partial charge in [-0.05, 0) is 19.0 Å². The first-order valence-electron chi connectivity index (χ1n) is 11.1. The maximum absolute atomic E-state index is 13.9. The van der Waals surface area contributed by atoms with E-state index in [2.05, 4.69) is 9.88 Å². The molecule has 1 fully saturated rings. The minimum absolute atomic E-state index is 0.0243. The molecule has 0 atom stereocenters. The highest BCUT2D eigenvalue weighted by Gasteiger charge is 2.41. The summed E-state index contributed by atoms with van der Waals surface area (Å²) in [5.74, 6) is 0.854. The van der Waals surface area contributed by atoms with Gasteiger partial charge in [-0.1, -0.05) is 23.2 Å². The Bertz CT molecular complexity index is 1280. The lowest BCUT2D eigenvalue weighted by Gasteiger charge is -2.35. The lowest BCUT2D eigenvalue weighted by molar-refractivity contribution is -0.133. The van der Waals surface area contributed by atoms with E-state index in [-0.39, 0.29) is 66.4 Å². The smallest absolute Gasteiger partial charge is 0.247 e. The first-order chi connectivity index (χ1) is 16.7. The Labute approximate surface area is 213 Å². The van der Waals surface area contributed by atoms with Gasteiger partial charge in [-0.15, -0.1) is 0 Å². The third-order valence-corrected chi connectivity index (χ3v) is 9.30. The molecule has 1 aromatic carbocycles. The quantitative estimate of drug-likeness (QED) is 0.555. The number of nitrogens with zero attached hydrogens (tertiary/aromatic N) is 5. The Hall–Kier alpha value is -2.25. The second kappa shape index (κ2) is 9.32. The fourth-order valence-electron chi connectivity index (χ4n) is 4.74. The number of likely N-dealkylation sites (N-methyl/N-ethyl adjacent to an activating group) is 1. The van der Waals surface area contributed by atoms with Crippen LogP contribution in [0.25, 0.3) is 0 Å². The van der Waals surface area contributed by atoms with Crippen molar-refractivity contribution in [1.82, 2.24) is 23.7 Å².